The summed E-state index contributed by atoms with van der Waals surface area (Å²) in [6.45, 7) is 8.66. The van der Waals surface area contributed by atoms with Crippen LogP contribution in [0.1, 0.15) is 107 Å². The van der Waals surface area contributed by atoms with Crippen LogP contribution in [0.2, 0.25) is 0 Å². The predicted molar refractivity (Wildman–Crippen MR) is 242 cm³/mol. The third-order valence-electron chi connectivity index (χ3n) is 12.3. The summed E-state index contributed by atoms with van der Waals surface area (Å²) >= 11 is 0. The van der Waals surface area contributed by atoms with Gasteiger partial charge in [0.2, 0.25) is 11.5 Å². The van der Waals surface area contributed by atoms with Gasteiger partial charge in [-0.1, -0.05) is 149 Å². The van der Waals surface area contributed by atoms with E-state index in [1.54, 1.807) is 42.7 Å². The number of hydrogen-bond donors (Lipinski definition) is 2. The molecule has 0 spiro atoms. The van der Waals surface area contributed by atoms with Crippen molar-refractivity contribution in [1.29, 1.82) is 0 Å². The summed E-state index contributed by atoms with van der Waals surface area (Å²) in [6.07, 6.45) is 0. The zero-order valence-corrected chi connectivity index (χ0v) is 36.7. The van der Waals surface area contributed by atoms with Crippen LogP contribution in [-0.2, 0) is 5.54 Å². The highest BCUT2D eigenvalue weighted by atomic mass is 16.5. The molecule has 0 amide bonds. The fourth-order valence-electron chi connectivity index (χ4n) is 9.20. The first-order valence-electron chi connectivity index (χ1n) is 20.5. The number of nitrogens with two attached hydrogens (primary N) is 2. The minimum Gasteiger partial charge on any atom is -0.492 e. The predicted octanol–water partition coefficient (Wildman–Crippen LogP) is 10.5. The fourth-order valence-corrected chi connectivity index (χ4v) is 9.20. The van der Waals surface area contributed by atoms with E-state index in [1.165, 1.54) is 0 Å². The van der Waals surface area contributed by atoms with Gasteiger partial charge in [0.05, 0.1) is 48.2 Å². The summed E-state index contributed by atoms with van der Waals surface area (Å²) in [5.74, 6) is 1.92. The SMILES string of the molecule is COc1c(OC)c([C@H](C)c2ccccc2)c(C(N)(CN)c2c([C@H](C)c3ccccc3)c(OC)c(OC)c(OC)c2[C@H](C)c2ccccc2)c([C@H](C)c2ccccc2)c1OC. The zero-order valence-electron chi connectivity index (χ0n) is 36.7. The second-order valence-electron chi connectivity index (χ2n) is 15.3. The van der Waals surface area contributed by atoms with Gasteiger partial charge in [-0.3, -0.25) is 0 Å². The lowest BCUT2D eigenvalue weighted by Gasteiger charge is -2.42. The van der Waals surface area contributed by atoms with E-state index in [4.69, 9.17) is 39.9 Å². The van der Waals surface area contributed by atoms with Gasteiger partial charge < -0.3 is 39.9 Å². The highest BCUT2D eigenvalue weighted by Gasteiger charge is 2.47. The molecule has 0 heterocycles. The van der Waals surface area contributed by atoms with Crippen molar-refractivity contribution < 1.29 is 28.4 Å². The van der Waals surface area contributed by atoms with Crippen LogP contribution < -0.4 is 39.9 Å². The summed E-state index contributed by atoms with van der Waals surface area (Å²) in [7, 11) is 9.93. The molecule has 6 aromatic carbocycles. The second-order valence-corrected chi connectivity index (χ2v) is 15.3. The Balaban J connectivity index is 1.95. The normalized spacial score (nSPS) is 13.5. The van der Waals surface area contributed by atoms with Crippen LogP contribution in [0.25, 0.3) is 0 Å². The molecule has 0 aliphatic carbocycles. The number of hydrogen-bond acceptors (Lipinski definition) is 8. The molecule has 6 rings (SSSR count). The third-order valence-corrected chi connectivity index (χ3v) is 12.3. The van der Waals surface area contributed by atoms with Crippen LogP contribution in [0.3, 0.4) is 0 Å². The summed E-state index contributed by atoms with van der Waals surface area (Å²) in [5, 5.41) is 0. The Morgan fingerprint density at radius 1 is 0.367 bits per heavy atom. The molecule has 0 aromatic heterocycles. The second kappa shape index (κ2) is 19.0. The molecule has 8 nitrogen and oxygen atoms in total. The highest BCUT2D eigenvalue weighted by molar-refractivity contribution is 5.75. The molecule has 6 aromatic rings. The maximum Gasteiger partial charge on any atom is 0.203 e. The van der Waals surface area contributed by atoms with Crippen LogP contribution in [-0.4, -0.2) is 49.2 Å². The molecule has 0 aliphatic rings. The molecule has 0 unspecified atom stereocenters. The van der Waals surface area contributed by atoms with Gasteiger partial charge in [0.15, 0.2) is 23.0 Å². The minimum atomic E-state index is -1.48. The average molecular weight is 809 g/mol. The number of rotatable bonds is 17. The van der Waals surface area contributed by atoms with Crippen LogP contribution in [0.5, 0.6) is 34.5 Å². The Morgan fingerprint density at radius 3 is 0.733 bits per heavy atom. The monoisotopic (exact) mass is 808 g/mol. The van der Waals surface area contributed by atoms with E-state index in [2.05, 4.69) is 76.2 Å². The van der Waals surface area contributed by atoms with Crippen molar-refractivity contribution in [2.45, 2.75) is 56.9 Å². The maximum atomic E-state index is 8.46. The number of ether oxygens (including phenoxy) is 6. The molecule has 0 saturated carbocycles. The summed E-state index contributed by atoms with van der Waals surface area (Å²) < 4.78 is 38.4. The van der Waals surface area contributed by atoms with Crippen LogP contribution in [0.15, 0.2) is 121 Å². The van der Waals surface area contributed by atoms with E-state index < -0.39 is 5.54 Å². The number of methoxy groups -OCH3 is 6. The molecule has 0 bridgehead atoms. The third kappa shape index (κ3) is 7.66. The summed E-state index contributed by atoms with van der Waals surface area (Å²) in [5.41, 5.74) is 23.4. The molecule has 0 saturated heterocycles. The Hall–Kier alpha value is -5.96. The first-order valence-corrected chi connectivity index (χ1v) is 20.5. The quantitative estimate of drug-likeness (QED) is 0.0938. The molecule has 0 radical (unpaired) electrons. The molecule has 0 aliphatic heterocycles. The fraction of sp³-hybridized carbons (Fsp3) is 0.308. The Bertz CT molecular complexity index is 2040. The lowest BCUT2D eigenvalue weighted by Crippen LogP contribution is -2.49. The van der Waals surface area contributed by atoms with Gasteiger partial charge in [0.1, 0.15) is 0 Å². The van der Waals surface area contributed by atoms with Crippen LogP contribution >= 0.6 is 0 Å². The van der Waals surface area contributed by atoms with Gasteiger partial charge in [-0.2, -0.15) is 0 Å². The Kier molecular flexibility index (Phi) is 13.8. The van der Waals surface area contributed by atoms with E-state index in [0.717, 1.165) is 55.6 Å². The molecular formula is C52H60N2O6. The van der Waals surface area contributed by atoms with Crippen molar-refractivity contribution in [2.24, 2.45) is 11.5 Å². The first-order chi connectivity index (χ1) is 29.1. The van der Waals surface area contributed by atoms with Gasteiger partial charge >= 0.3 is 0 Å². The standard InChI is InChI=1S/C52H60N2O6/c1-32(36-23-15-11-16-24-36)40-44(41(33(2)37-25-17-12-18-26-37)47(56-6)50(59-9)46(40)55-5)52(54,31-53)45-42(34(3)38-27-19-13-20-28-38)48(57-7)51(60-10)49(58-8)43(45)35(4)39-29-21-14-22-30-39/h11-30,32-35H,31,53-54H2,1-10H3/t32-,33-,34-,35-/m1/s1. The van der Waals surface area contributed by atoms with Crippen LogP contribution in [0.4, 0.5) is 0 Å². The van der Waals surface area contributed by atoms with Crippen molar-refractivity contribution in [2.75, 3.05) is 49.2 Å². The Morgan fingerprint density at radius 2 is 0.567 bits per heavy atom. The maximum absolute atomic E-state index is 8.46. The first kappa shape index (κ1) is 43.6. The molecule has 60 heavy (non-hydrogen) atoms. The smallest absolute Gasteiger partial charge is 0.203 e. The molecule has 314 valence electrons. The van der Waals surface area contributed by atoms with Gasteiger partial charge in [-0.25, -0.2) is 0 Å². The molecular weight excluding hydrogens is 749 g/mol. The van der Waals surface area contributed by atoms with Gasteiger partial charge in [-0.15, -0.1) is 0 Å². The van der Waals surface area contributed by atoms with Gasteiger partial charge in [0.25, 0.3) is 0 Å². The summed E-state index contributed by atoms with van der Waals surface area (Å²) in [6, 6.07) is 41.4. The molecule has 4 atom stereocenters. The molecule has 8 heteroatoms. The lowest BCUT2D eigenvalue weighted by molar-refractivity contribution is 0.312. The van der Waals surface area contributed by atoms with E-state index in [-0.39, 0.29) is 30.2 Å². The lowest BCUT2D eigenvalue weighted by atomic mass is 9.66. The zero-order chi connectivity index (χ0) is 43.1. The van der Waals surface area contributed by atoms with E-state index in [9.17, 15) is 0 Å². The van der Waals surface area contributed by atoms with E-state index in [1.807, 2.05) is 72.8 Å². The van der Waals surface area contributed by atoms with E-state index in [0.29, 0.717) is 34.5 Å². The van der Waals surface area contributed by atoms with E-state index >= 15 is 0 Å². The topological polar surface area (TPSA) is 107 Å². The number of benzene rings is 6. The van der Waals surface area contributed by atoms with Crippen molar-refractivity contribution in [3.63, 3.8) is 0 Å². The van der Waals surface area contributed by atoms with Crippen molar-refractivity contribution >= 4 is 0 Å². The molecule has 0 fully saturated rings. The highest BCUT2D eigenvalue weighted by Crippen LogP contribution is 2.60. The van der Waals surface area contributed by atoms with Crippen molar-refractivity contribution in [3.05, 3.63) is 177 Å². The Labute approximate surface area is 356 Å². The summed E-state index contributed by atoms with van der Waals surface area (Å²) in [4.78, 5) is 0. The largest absolute Gasteiger partial charge is 0.492 e. The van der Waals surface area contributed by atoms with Gasteiger partial charge in [0, 0.05) is 52.5 Å². The minimum absolute atomic E-state index is 0.0314. The van der Waals surface area contributed by atoms with Crippen molar-refractivity contribution in [1.82, 2.24) is 0 Å². The average Bonchev–Trinajstić information content (AvgIpc) is 3.31. The van der Waals surface area contributed by atoms with Gasteiger partial charge in [-0.05, 0) is 33.4 Å². The van der Waals surface area contributed by atoms with Crippen molar-refractivity contribution in [3.8, 4) is 34.5 Å². The molecule has 4 N–H and O–H groups in total. The van der Waals surface area contributed by atoms with Crippen LogP contribution in [0, 0.1) is 0 Å².